The Hall–Kier alpha value is -1.62. The summed E-state index contributed by atoms with van der Waals surface area (Å²) < 4.78 is 1.94. The van der Waals surface area contributed by atoms with E-state index in [4.69, 9.17) is 17.3 Å². The van der Waals surface area contributed by atoms with Gasteiger partial charge in [0.15, 0.2) is 5.82 Å². The van der Waals surface area contributed by atoms with E-state index in [0.717, 1.165) is 30.1 Å². The van der Waals surface area contributed by atoms with Gasteiger partial charge in [0.05, 0.1) is 11.1 Å². The molecule has 2 atom stereocenters. The lowest BCUT2D eigenvalue weighted by Crippen LogP contribution is -2.20. The highest BCUT2D eigenvalue weighted by Gasteiger charge is 2.26. The van der Waals surface area contributed by atoms with E-state index >= 15 is 0 Å². The van der Waals surface area contributed by atoms with Crippen LogP contribution in [-0.4, -0.2) is 20.2 Å². The predicted octanol–water partition coefficient (Wildman–Crippen LogP) is 3.72. The van der Waals surface area contributed by atoms with E-state index in [0.29, 0.717) is 16.8 Å². The van der Waals surface area contributed by atoms with Crippen LogP contribution in [0.15, 0.2) is 18.2 Å². The Morgan fingerprint density at radius 3 is 3.00 bits per heavy atom. The van der Waals surface area contributed by atoms with Crippen molar-refractivity contribution in [3.63, 3.8) is 0 Å². The third kappa shape index (κ3) is 2.88. The van der Waals surface area contributed by atoms with Crippen molar-refractivity contribution in [3.8, 4) is 11.4 Å². The van der Waals surface area contributed by atoms with E-state index in [1.807, 2.05) is 16.8 Å². The number of hydrogen-bond acceptors (Lipinski definition) is 4. The van der Waals surface area contributed by atoms with Gasteiger partial charge in [-0.1, -0.05) is 37.8 Å². The Bertz CT molecular complexity index is 624. The molecule has 0 spiro atoms. The van der Waals surface area contributed by atoms with Gasteiger partial charge in [0.2, 0.25) is 0 Å². The Morgan fingerprint density at radius 2 is 2.24 bits per heavy atom. The average molecular weight is 306 g/mol. The highest BCUT2D eigenvalue weighted by Crippen LogP contribution is 2.36. The van der Waals surface area contributed by atoms with Crippen LogP contribution in [0.1, 0.15) is 45.1 Å². The van der Waals surface area contributed by atoms with Gasteiger partial charge in [-0.25, -0.2) is 4.68 Å². The van der Waals surface area contributed by atoms with Gasteiger partial charge in [-0.15, -0.1) is 5.10 Å². The molecule has 0 aliphatic heterocycles. The molecule has 2 aromatic rings. The third-order valence-corrected chi connectivity index (χ3v) is 4.72. The van der Waals surface area contributed by atoms with Gasteiger partial charge < -0.3 is 5.73 Å². The Labute approximate surface area is 129 Å². The molecule has 3 rings (SSSR count). The average Bonchev–Trinajstić information content (AvgIpc) is 2.96. The lowest BCUT2D eigenvalue weighted by atomic mass is 9.84. The SMILES string of the molecule is CCC1CCCC(n2nnnc2-c2ccc(N)cc2Cl)C1. The van der Waals surface area contributed by atoms with Gasteiger partial charge in [-0.3, -0.25) is 0 Å². The van der Waals surface area contributed by atoms with E-state index in [-0.39, 0.29) is 0 Å². The molecule has 21 heavy (non-hydrogen) atoms. The third-order valence-electron chi connectivity index (χ3n) is 4.41. The van der Waals surface area contributed by atoms with E-state index in [9.17, 15) is 0 Å². The summed E-state index contributed by atoms with van der Waals surface area (Å²) in [5.41, 5.74) is 7.24. The molecule has 1 heterocycles. The number of halogens is 1. The zero-order valence-corrected chi connectivity index (χ0v) is 12.9. The van der Waals surface area contributed by atoms with Crippen LogP contribution in [0.5, 0.6) is 0 Å². The first-order valence-corrected chi connectivity index (χ1v) is 7.90. The van der Waals surface area contributed by atoms with Crippen LogP contribution in [0.3, 0.4) is 0 Å². The lowest BCUT2D eigenvalue weighted by molar-refractivity contribution is 0.246. The number of aromatic nitrogens is 4. The molecule has 0 amide bonds. The van der Waals surface area contributed by atoms with Gasteiger partial charge in [0.25, 0.3) is 0 Å². The highest BCUT2D eigenvalue weighted by molar-refractivity contribution is 6.33. The smallest absolute Gasteiger partial charge is 0.183 e. The molecular weight excluding hydrogens is 286 g/mol. The van der Waals surface area contributed by atoms with Gasteiger partial charge in [0, 0.05) is 11.3 Å². The zero-order valence-electron chi connectivity index (χ0n) is 12.2. The minimum atomic E-state index is 0.363. The van der Waals surface area contributed by atoms with E-state index < -0.39 is 0 Å². The molecule has 1 saturated carbocycles. The summed E-state index contributed by atoms with van der Waals surface area (Å²) >= 11 is 6.30. The first-order valence-electron chi connectivity index (χ1n) is 7.52. The number of benzene rings is 1. The minimum absolute atomic E-state index is 0.363. The van der Waals surface area contributed by atoms with Crippen molar-refractivity contribution in [1.29, 1.82) is 0 Å². The topological polar surface area (TPSA) is 69.6 Å². The van der Waals surface area contributed by atoms with Crippen LogP contribution in [0, 0.1) is 5.92 Å². The Morgan fingerprint density at radius 1 is 1.38 bits per heavy atom. The van der Waals surface area contributed by atoms with Crippen LogP contribution in [-0.2, 0) is 0 Å². The van der Waals surface area contributed by atoms with Crippen LogP contribution in [0.4, 0.5) is 5.69 Å². The maximum absolute atomic E-state index is 6.30. The highest BCUT2D eigenvalue weighted by atomic mass is 35.5. The molecule has 0 radical (unpaired) electrons. The summed E-state index contributed by atoms with van der Waals surface area (Å²) in [4.78, 5) is 0. The molecule has 1 aromatic carbocycles. The van der Waals surface area contributed by atoms with Crippen molar-refractivity contribution >= 4 is 17.3 Å². The maximum Gasteiger partial charge on any atom is 0.183 e. The van der Waals surface area contributed by atoms with Crippen molar-refractivity contribution in [2.75, 3.05) is 5.73 Å². The molecular formula is C15H20ClN5. The first-order chi connectivity index (χ1) is 10.2. The summed E-state index contributed by atoms with van der Waals surface area (Å²) in [5.74, 6) is 1.50. The second kappa shape index (κ2) is 6.02. The molecule has 1 aliphatic carbocycles. The zero-order chi connectivity index (χ0) is 14.8. The fraction of sp³-hybridized carbons (Fsp3) is 0.533. The minimum Gasteiger partial charge on any atom is -0.399 e. The van der Waals surface area contributed by atoms with Crippen molar-refractivity contribution in [3.05, 3.63) is 23.2 Å². The van der Waals surface area contributed by atoms with Gasteiger partial charge in [0.1, 0.15) is 0 Å². The van der Waals surface area contributed by atoms with Crippen molar-refractivity contribution < 1.29 is 0 Å². The van der Waals surface area contributed by atoms with Crippen LogP contribution in [0.2, 0.25) is 5.02 Å². The molecule has 0 bridgehead atoms. The molecule has 1 aliphatic rings. The van der Waals surface area contributed by atoms with Crippen LogP contribution < -0.4 is 5.73 Å². The fourth-order valence-corrected chi connectivity index (χ4v) is 3.46. The van der Waals surface area contributed by atoms with Crippen molar-refractivity contribution in [2.24, 2.45) is 5.92 Å². The Balaban J connectivity index is 1.93. The largest absolute Gasteiger partial charge is 0.399 e. The molecule has 2 N–H and O–H groups in total. The summed E-state index contributed by atoms with van der Waals surface area (Å²) in [5, 5.41) is 12.8. The predicted molar refractivity (Wildman–Crippen MR) is 84.0 cm³/mol. The summed E-state index contributed by atoms with van der Waals surface area (Å²) in [6, 6.07) is 5.82. The fourth-order valence-electron chi connectivity index (χ4n) is 3.19. The second-order valence-electron chi connectivity index (χ2n) is 5.78. The molecule has 1 aromatic heterocycles. The second-order valence-corrected chi connectivity index (χ2v) is 6.19. The van der Waals surface area contributed by atoms with Gasteiger partial charge in [-0.2, -0.15) is 0 Å². The maximum atomic E-state index is 6.30. The number of nitrogen functional groups attached to an aromatic ring is 1. The van der Waals surface area contributed by atoms with E-state index in [1.165, 1.54) is 19.3 Å². The Kier molecular flexibility index (Phi) is 4.10. The molecule has 2 unspecified atom stereocenters. The van der Waals surface area contributed by atoms with Gasteiger partial charge in [-0.05, 0) is 47.4 Å². The van der Waals surface area contributed by atoms with E-state index in [2.05, 4.69) is 22.4 Å². The number of nitrogens with zero attached hydrogens (tertiary/aromatic N) is 4. The van der Waals surface area contributed by atoms with Crippen molar-refractivity contribution in [2.45, 2.75) is 45.1 Å². The quantitative estimate of drug-likeness (QED) is 0.877. The van der Waals surface area contributed by atoms with E-state index in [1.54, 1.807) is 6.07 Å². The number of hydrogen-bond donors (Lipinski definition) is 1. The number of anilines is 1. The van der Waals surface area contributed by atoms with Crippen LogP contribution in [0.25, 0.3) is 11.4 Å². The number of rotatable bonds is 3. The summed E-state index contributed by atoms with van der Waals surface area (Å²) in [6.45, 7) is 2.25. The number of tetrazole rings is 1. The van der Waals surface area contributed by atoms with Crippen LogP contribution >= 0.6 is 11.6 Å². The normalized spacial score (nSPS) is 22.4. The van der Waals surface area contributed by atoms with Gasteiger partial charge >= 0.3 is 0 Å². The molecule has 5 nitrogen and oxygen atoms in total. The standard InChI is InChI=1S/C15H20ClN5/c1-2-10-4-3-5-12(8-10)21-15(18-19-20-21)13-7-6-11(17)9-14(13)16/h6-7,9-10,12H,2-5,8,17H2,1H3. The molecule has 6 heteroatoms. The van der Waals surface area contributed by atoms with Crippen molar-refractivity contribution in [1.82, 2.24) is 20.2 Å². The lowest BCUT2D eigenvalue weighted by Gasteiger charge is -2.28. The first kappa shape index (κ1) is 14.3. The summed E-state index contributed by atoms with van der Waals surface area (Å²) in [7, 11) is 0. The molecule has 1 fully saturated rings. The monoisotopic (exact) mass is 305 g/mol. The molecule has 0 saturated heterocycles. The summed E-state index contributed by atoms with van der Waals surface area (Å²) in [6.07, 6.45) is 6.03. The molecule has 112 valence electrons. The number of nitrogens with two attached hydrogens (primary N) is 1.